The van der Waals surface area contributed by atoms with Gasteiger partial charge < -0.3 is 10.6 Å². The number of hydrogen-bond acceptors (Lipinski definition) is 4. The Bertz CT molecular complexity index is 1210. The van der Waals surface area contributed by atoms with Crippen LogP contribution in [0.1, 0.15) is 25.3 Å². The number of aromatic nitrogens is 2. The lowest BCUT2D eigenvalue weighted by atomic mass is 10.0. The van der Waals surface area contributed by atoms with E-state index in [4.69, 9.17) is 0 Å². The van der Waals surface area contributed by atoms with Gasteiger partial charge in [-0.3, -0.25) is 5.32 Å². The summed E-state index contributed by atoms with van der Waals surface area (Å²) in [5, 5.41) is 9.05. The molecule has 0 spiro atoms. The molecule has 6 heteroatoms. The number of para-hydroxylation sites is 2. The largest absolute Gasteiger partial charge is 0.340 e. The number of benzene rings is 2. The molecule has 0 saturated carbocycles. The highest BCUT2D eigenvalue weighted by Gasteiger charge is 2.10. The molecule has 32 heavy (non-hydrogen) atoms. The van der Waals surface area contributed by atoms with E-state index in [-0.39, 0.29) is 6.03 Å². The molecular formula is C26H25N5O. The van der Waals surface area contributed by atoms with Crippen molar-refractivity contribution in [3.8, 4) is 11.1 Å². The van der Waals surface area contributed by atoms with E-state index in [9.17, 15) is 4.79 Å². The lowest BCUT2D eigenvalue weighted by Gasteiger charge is -2.14. The predicted molar refractivity (Wildman–Crippen MR) is 130 cm³/mol. The smallest absolute Gasteiger partial charge is 0.324 e. The van der Waals surface area contributed by atoms with E-state index in [2.05, 4.69) is 39.8 Å². The van der Waals surface area contributed by atoms with E-state index in [1.807, 2.05) is 78.9 Å². The molecule has 2 amide bonds. The minimum Gasteiger partial charge on any atom is -0.340 e. The first-order valence-electron chi connectivity index (χ1n) is 10.5. The number of urea groups is 1. The molecule has 0 unspecified atom stereocenters. The molecule has 0 aliphatic rings. The Kier molecular flexibility index (Phi) is 6.41. The van der Waals surface area contributed by atoms with E-state index >= 15 is 0 Å². The Morgan fingerprint density at radius 3 is 2.09 bits per heavy atom. The summed E-state index contributed by atoms with van der Waals surface area (Å²) < 4.78 is 0. The van der Waals surface area contributed by atoms with Gasteiger partial charge in [0, 0.05) is 23.8 Å². The predicted octanol–water partition coefficient (Wildman–Crippen LogP) is 6.65. The van der Waals surface area contributed by atoms with Crippen molar-refractivity contribution < 1.29 is 4.79 Å². The van der Waals surface area contributed by atoms with Gasteiger partial charge in [0.15, 0.2) is 0 Å². The van der Waals surface area contributed by atoms with Crippen LogP contribution < -0.4 is 16.0 Å². The first kappa shape index (κ1) is 21.1. The summed E-state index contributed by atoms with van der Waals surface area (Å²) in [5.74, 6) is 1.51. The third-order valence-corrected chi connectivity index (χ3v) is 4.97. The van der Waals surface area contributed by atoms with Gasteiger partial charge in [-0.05, 0) is 65.1 Å². The van der Waals surface area contributed by atoms with E-state index in [0.717, 1.165) is 33.9 Å². The van der Waals surface area contributed by atoms with Gasteiger partial charge in [-0.1, -0.05) is 50.2 Å². The van der Waals surface area contributed by atoms with Gasteiger partial charge in [0.2, 0.25) is 0 Å². The SMILES string of the molecule is CC(C)c1ccccc1NC(=O)Nc1cc(-c2ccnc(Nc3ccccc3)c2)ccn1. The maximum Gasteiger partial charge on any atom is 0.324 e. The highest BCUT2D eigenvalue weighted by atomic mass is 16.2. The van der Waals surface area contributed by atoms with Crippen molar-refractivity contribution in [1.29, 1.82) is 0 Å². The van der Waals surface area contributed by atoms with Gasteiger partial charge in [0.25, 0.3) is 0 Å². The van der Waals surface area contributed by atoms with Gasteiger partial charge in [0.1, 0.15) is 11.6 Å². The average Bonchev–Trinajstić information content (AvgIpc) is 2.80. The molecule has 4 rings (SSSR count). The zero-order chi connectivity index (χ0) is 22.3. The maximum absolute atomic E-state index is 12.6. The van der Waals surface area contributed by atoms with Gasteiger partial charge in [0.05, 0.1) is 0 Å². The summed E-state index contributed by atoms with van der Waals surface area (Å²) in [6.07, 6.45) is 3.43. The van der Waals surface area contributed by atoms with Crippen LogP contribution in [0, 0.1) is 0 Å². The maximum atomic E-state index is 12.6. The highest BCUT2D eigenvalue weighted by molar-refractivity contribution is 6.00. The molecule has 0 aliphatic carbocycles. The summed E-state index contributed by atoms with van der Waals surface area (Å²) in [6, 6.07) is 25.0. The number of anilines is 4. The molecular weight excluding hydrogens is 398 g/mol. The van der Waals surface area contributed by atoms with Crippen LogP contribution in [0.5, 0.6) is 0 Å². The summed E-state index contributed by atoms with van der Waals surface area (Å²) in [7, 11) is 0. The quantitative estimate of drug-likeness (QED) is 0.324. The summed E-state index contributed by atoms with van der Waals surface area (Å²) in [4.78, 5) is 21.3. The van der Waals surface area contributed by atoms with Crippen LogP contribution in [-0.2, 0) is 0 Å². The number of hydrogen-bond donors (Lipinski definition) is 3. The lowest BCUT2D eigenvalue weighted by Crippen LogP contribution is -2.21. The highest BCUT2D eigenvalue weighted by Crippen LogP contribution is 2.26. The molecule has 3 N–H and O–H groups in total. The van der Waals surface area contributed by atoms with E-state index in [1.165, 1.54) is 0 Å². The molecule has 6 nitrogen and oxygen atoms in total. The van der Waals surface area contributed by atoms with Gasteiger partial charge in [-0.25, -0.2) is 14.8 Å². The first-order chi connectivity index (χ1) is 15.6. The van der Waals surface area contributed by atoms with Crippen LogP contribution in [0.4, 0.5) is 27.8 Å². The minimum absolute atomic E-state index is 0.304. The Morgan fingerprint density at radius 1 is 0.750 bits per heavy atom. The Labute approximate surface area is 187 Å². The zero-order valence-corrected chi connectivity index (χ0v) is 18.0. The lowest BCUT2D eigenvalue weighted by molar-refractivity contribution is 0.262. The van der Waals surface area contributed by atoms with Crippen molar-refractivity contribution in [3.05, 3.63) is 96.8 Å². The van der Waals surface area contributed by atoms with Gasteiger partial charge in [-0.15, -0.1) is 0 Å². The normalized spacial score (nSPS) is 10.6. The fraction of sp³-hybridized carbons (Fsp3) is 0.115. The van der Waals surface area contributed by atoms with E-state index in [1.54, 1.807) is 12.4 Å². The molecule has 0 atom stereocenters. The number of nitrogens with zero attached hydrogens (tertiary/aromatic N) is 2. The number of nitrogens with one attached hydrogen (secondary N) is 3. The molecule has 160 valence electrons. The summed E-state index contributed by atoms with van der Waals surface area (Å²) in [6.45, 7) is 4.19. The van der Waals surface area contributed by atoms with Gasteiger partial charge in [-0.2, -0.15) is 0 Å². The van der Waals surface area contributed by atoms with Crippen molar-refractivity contribution in [2.45, 2.75) is 19.8 Å². The van der Waals surface area contributed by atoms with Crippen molar-refractivity contribution in [2.75, 3.05) is 16.0 Å². The molecule has 0 saturated heterocycles. The number of rotatable bonds is 6. The molecule has 2 aromatic carbocycles. The number of carbonyl (C=O) groups excluding carboxylic acids is 1. The van der Waals surface area contributed by atoms with Crippen molar-refractivity contribution in [2.24, 2.45) is 0 Å². The van der Waals surface area contributed by atoms with Crippen LogP contribution in [0.3, 0.4) is 0 Å². The average molecular weight is 424 g/mol. The fourth-order valence-electron chi connectivity index (χ4n) is 3.41. The van der Waals surface area contributed by atoms with Crippen LogP contribution >= 0.6 is 0 Å². The second-order valence-electron chi connectivity index (χ2n) is 7.67. The number of pyridine rings is 2. The third kappa shape index (κ3) is 5.29. The second-order valence-corrected chi connectivity index (χ2v) is 7.67. The van der Waals surface area contributed by atoms with Crippen LogP contribution in [0.15, 0.2) is 91.3 Å². The first-order valence-corrected chi connectivity index (χ1v) is 10.5. The number of amides is 2. The third-order valence-electron chi connectivity index (χ3n) is 4.97. The Morgan fingerprint density at radius 2 is 1.38 bits per heavy atom. The molecule has 2 aromatic heterocycles. The zero-order valence-electron chi connectivity index (χ0n) is 18.0. The van der Waals surface area contributed by atoms with E-state index < -0.39 is 0 Å². The monoisotopic (exact) mass is 423 g/mol. The topological polar surface area (TPSA) is 78.9 Å². The summed E-state index contributed by atoms with van der Waals surface area (Å²) >= 11 is 0. The number of carbonyl (C=O) groups is 1. The molecule has 4 aromatic rings. The Hall–Kier alpha value is -4.19. The standard InChI is InChI=1S/C26H25N5O/c1-18(2)22-10-6-7-11-23(22)30-26(32)31-25-17-20(13-15-28-25)19-12-14-27-24(16-19)29-21-8-4-3-5-9-21/h3-18H,1-2H3,(H,27,29)(H2,28,30,31,32). The van der Waals surface area contributed by atoms with Gasteiger partial charge >= 0.3 is 6.03 Å². The summed E-state index contributed by atoms with van der Waals surface area (Å²) in [5.41, 5.74) is 4.74. The second kappa shape index (κ2) is 9.75. The molecule has 0 aliphatic heterocycles. The minimum atomic E-state index is -0.330. The van der Waals surface area contributed by atoms with Crippen LogP contribution in [0.2, 0.25) is 0 Å². The van der Waals surface area contributed by atoms with Crippen molar-refractivity contribution >= 4 is 29.0 Å². The van der Waals surface area contributed by atoms with Crippen LogP contribution in [0.25, 0.3) is 11.1 Å². The van der Waals surface area contributed by atoms with Crippen molar-refractivity contribution in [1.82, 2.24) is 9.97 Å². The van der Waals surface area contributed by atoms with E-state index in [0.29, 0.717) is 11.7 Å². The Balaban J connectivity index is 1.48. The van der Waals surface area contributed by atoms with Crippen molar-refractivity contribution in [3.63, 3.8) is 0 Å². The fourth-order valence-corrected chi connectivity index (χ4v) is 3.41. The van der Waals surface area contributed by atoms with Crippen LogP contribution in [-0.4, -0.2) is 16.0 Å². The molecule has 0 fully saturated rings. The molecule has 2 heterocycles. The molecule has 0 bridgehead atoms. The molecule has 0 radical (unpaired) electrons.